The molecule has 0 aliphatic carbocycles. The van der Waals surface area contributed by atoms with Gasteiger partial charge in [-0.2, -0.15) is 0 Å². The number of aliphatic hydroxyl groups is 2. The van der Waals surface area contributed by atoms with Gasteiger partial charge in [-0.05, 0) is 23.3 Å². The third-order valence-corrected chi connectivity index (χ3v) is 3.49. The highest BCUT2D eigenvalue weighted by Gasteiger charge is 2.22. The molecule has 2 aromatic carbocycles. The van der Waals surface area contributed by atoms with Gasteiger partial charge in [0, 0.05) is 10.4 Å². The molecule has 0 saturated carbocycles. The van der Waals surface area contributed by atoms with E-state index < -0.39 is 6.10 Å². The number of benzene rings is 2. The van der Waals surface area contributed by atoms with E-state index in [1.807, 2.05) is 54.6 Å². The lowest BCUT2D eigenvalue weighted by atomic mass is 9.87. The van der Waals surface area contributed by atoms with Gasteiger partial charge in [-0.15, -0.1) is 0 Å². The maximum absolute atomic E-state index is 10.0. The molecule has 2 atom stereocenters. The van der Waals surface area contributed by atoms with Gasteiger partial charge < -0.3 is 10.2 Å². The smallest absolute Gasteiger partial charge is 0.0879 e. The quantitative estimate of drug-likeness (QED) is 0.912. The molecule has 2 nitrogen and oxygen atoms in total. The molecule has 0 aliphatic rings. The highest BCUT2D eigenvalue weighted by atomic mass is 79.9. The standard InChI is InChI=1S/C15H15BrO2/c16-13-8-6-12(7-9-13)15(14(18)10-17)11-4-2-1-3-5-11/h1-9,14-15,17-18H,10H2/t14-,15+/m0/s1. The monoisotopic (exact) mass is 306 g/mol. The first-order valence-corrected chi connectivity index (χ1v) is 6.61. The molecule has 0 heterocycles. The maximum atomic E-state index is 10.0. The molecule has 3 heteroatoms. The van der Waals surface area contributed by atoms with Gasteiger partial charge in [0.1, 0.15) is 0 Å². The van der Waals surface area contributed by atoms with E-state index in [-0.39, 0.29) is 12.5 Å². The number of hydrogen-bond donors (Lipinski definition) is 2. The highest BCUT2D eigenvalue weighted by Crippen LogP contribution is 2.28. The Hall–Kier alpha value is -1.16. The zero-order valence-electron chi connectivity index (χ0n) is 9.83. The summed E-state index contributed by atoms with van der Waals surface area (Å²) in [6.45, 7) is -0.254. The van der Waals surface area contributed by atoms with Crippen LogP contribution in [0.2, 0.25) is 0 Å². The normalized spacial score (nSPS) is 14.2. The maximum Gasteiger partial charge on any atom is 0.0879 e. The predicted molar refractivity (Wildman–Crippen MR) is 75.5 cm³/mol. The van der Waals surface area contributed by atoms with Crippen molar-refractivity contribution in [1.29, 1.82) is 0 Å². The van der Waals surface area contributed by atoms with Gasteiger partial charge in [-0.25, -0.2) is 0 Å². The Bertz CT molecular complexity index is 482. The molecule has 0 saturated heterocycles. The molecule has 0 unspecified atom stereocenters. The fraction of sp³-hybridized carbons (Fsp3) is 0.200. The van der Waals surface area contributed by atoms with Crippen LogP contribution in [0.15, 0.2) is 59.1 Å². The van der Waals surface area contributed by atoms with E-state index in [9.17, 15) is 10.2 Å². The topological polar surface area (TPSA) is 40.5 Å². The second kappa shape index (κ2) is 6.14. The Morgan fingerprint density at radius 1 is 0.889 bits per heavy atom. The minimum Gasteiger partial charge on any atom is -0.394 e. The molecule has 2 rings (SSSR count). The molecule has 0 fully saturated rings. The van der Waals surface area contributed by atoms with Crippen molar-refractivity contribution >= 4 is 15.9 Å². The van der Waals surface area contributed by atoms with E-state index in [2.05, 4.69) is 15.9 Å². The first-order chi connectivity index (χ1) is 8.72. The van der Waals surface area contributed by atoms with Crippen LogP contribution in [0.25, 0.3) is 0 Å². The summed E-state index contributed by atoms with van der Waals surface area (Å²) < 4.78 is 0.997. The van der Waals surface area contributed by atoms with Crippen LogP contribution < -0.4 is 0 Å². The Labute approximate surface area is 115 Å². The summed E-state index contributed by atoms with van der Waals surface area (Å²) in [6, 6.07) is 17.5. The SMILES string of the molecule is OC[C@H](O)[C@H](c1ccccc1)c1ccc(Br)cc1. The molecule has 0 bridgehead atoms. The highest BCUT2D eigenvalue weighted by molar-refractivity contribution is 9.10. The van der Waals surface area contributed by atoms with Crippen molar-refractivity contribution in [2.24, 2.45) is 0 Å². The van der Waals surface area contributed by atoms with E-state index in [1.54, 1.807) is 0 Å². The van der Waals surface area contributed by atoms with Crippen LogP contribution in [0.5, 0.6) is 0 Å². The Morgan fingerprint density at radius 3 is 2.00 bits per heavy atom. The van der Waals surface area contributed by atoms with Crippen LogP contribution in [0.3, 0.4) is 0 Å². The average molecular weight is 307 g/mol. The van der Waals surface area contributed by atoms with Crippen molar-refractivity contribution in [3.63, 3.8) is 0 Å². The van der Waals surface area contributed by atoms with E-state index >= 15 is 0 Å². The number of rotatable bonds is 4. The molecular formula is C15H15BrO2. The first kappa shape index (κ1) is 13.3. The fourth-order valence-corrected chi connectivity index (χ4v) is 2.34. The summed E-state index contributed by atoms with van der Waals surface area (Å²) >= 11 is 3.39. The van der Waals surface area contributed by atoms with Gasteiger partial charge in [0.2, 0.25) is 0 Å². The summed E-state index contributed by atoms with van der Waals surface area (Å²) in [5, 5.41) is 19.3. The van der Waals surface area contributed by atoms with Crippen LogP contribution >= 0.6 is 15.9 Å². The number of aliphatic hydroxyl groups excluding tert-OH is 2. The third-order valence-electron chi connectivity index (χ3n) is 2.96. The van der Waals surface area contributed by atoms with Crippen molar-refractivity contribution in [3.05, 3.63) is 70.2 Å². The molecule has 18 heavy (non-hydrogen) atoms. The summed E-state index contributed by atoms with van der Waals surface area (Å²) in [5.74, 6) is -0.204. The number of hydrogen-bond acceptors (Lipinski definition) is 2. The van der Waals surface area contributed by atoms with E-state index in [0.717, 1.165) is 15.6 Å². The molecule has 2 N–H and O–H groups in total. The van der Waals surface area contributed by atoms with Crippen molar-refractivity contribution < 1.29 is 10.2 Å². The molecule has 94 valence electrons. The largest absolute Gasteiger partial charge is 0.394 e. The summed E-state index contributed by atoms with van der Waals surface area (Å²) in [4.78, 5) is 0. The lowest BCUT2D eigenvalue weighted by molar-refractivity contribution is 0.0823. The Morgan fingerprint density at radius 2 is 1.44 bits per heavy atom. The summed E-state index contributed by atoms with van der Waals surface area (Å²) in [7, 11) is 0. The number of halogens is 1. The van der Waals surface area contributed by atoms with Gasteiger partial charge in [-0.1, -0.05) is 58.4 Å². The molecule has 0 aliphatic heterocycles. The average Bonchev–Trinajstić information content (AvgIpc) is 2.42. The van der Waals surface area contributed by atoms with Crippen LogP contribution in [0.1, 0.15) is 17.0 Å². The third kappa shape index (κ3) is 2.99. The minimum absolute atomic E-state index is 0.204. The molecule has 0 amide bonds. The van der Waals surface area contributed by atoms with E-state index in [1.165, 1.54) is 0 Å². The van der Waals surface area contributed by atoms with Gasteiger partial charge in [0.15, 0.2) is 0 Å². The molecular weight excluding hydrogens is 292 g/mol. The van der Waals surface area contributed by atoms with Gasteiger partial charge in [0.05, 0.1) is 12.7 Å². The van der Waals surface area contributed by atoms with Gasteiger partial charge in [-0.3, -0.25) is 0 Å². The second-order valence-corrected chi connectivity index (χ2v) is 5.11. The molecule has 0 spiro atoms. The fourth-order valence-electron chi connectivity index (χ4n) is 2.07. The lowest BCUT2D eigenvalue weighted by Gasteiger charge is -2.22. The molecule has 0 radical (unpaired) electrons. The van der Waals surface area contributed by atoms with Gasteiger partial charge in [0.25, 0.3) is 0 Å². The zero-order chi connectivity index (χ0) is 13.0. The zero-order valence-corrected chi connectivity index (χ0v) is 11.4. The minimum atomic E-state index is -0.798. The van der Waals surface area contributed by atoms with Crippen molar-refractivity contribution in [1.82, 2.24) is 0 Å². The first-order valence-electron chi connectivity index (χ1n) is 5.81. The van der Waals surface area contributed by atoms with Crippen molar-refractivity contribution in [3.8, 4) is 0 Å². The summed E-state index contributed by atoms with van der Waals surface area (Å²) in [5.41, 5.74) is 1.99. The van der Waals surface area contributed by atoms with Crippen LogP contribution in [-0.4, -0.2) is 22.9 Å². The second-order valence-electron chi connectivity index (χ2n) is 4.19. The van der Waals surface area contributed by atoms with E-state index in [4.69, 9.17) is 0 Å². The predicted octanol–water partition coefficient (Wildman–Crippen LogP) is 2.93. The van der Waals surface area contributed by atoms with Crippen molar-refractivity contribution in [2.45, 2.75) is 12.0 Å². The Balaban J connectivity index is 2.40. The van der Waals surface area contributed by atoms with Gasteiger partial charge >= 0.3 is 0 Å². The van der Waals surface area contributed by atoms with Crippen LogP contribution in [0, 0.1) is 0 Å². The van der Waals surface area contributed by atoms with Crippen LogP contribution in [0.4, 0.5) is 0 Å². The van der Waals surface area contributed by atoms with E-state index in [0.29, 0.717) is 0 Å². The summed E-state index contributed by atoms with van der Waals surface area (Å²) in [6.07, 6.45) is -0.798. The van der Waals surface area contributed by atoms with Crippen molar-refractivity contribution in [2.75, 3.05) is 6.61 Å². The molecule has 2 aromatic rings. The lowest BCUT2D eigenvalue weighted by Crippen LogP contribution is -2.23. The Kier molecular flexibility index (Phi) is 4.53. The van der Waals surface area contributed by atoms with Crippen LogP contribution in [-0.2, 0) is 0 Å². The molecule has 0 aromatic heterocycles.